The van der Waals surface area contributed by atoms with Crippen molar-refractivity contribution >= 4 is 0 Å². The minimum Gasteiger partial charge on any atom is -0.379 e. The summed E-state index contributed by atoms with van der Waals surface area (Å²) in [7, 11) is 0. The Balaban J connectivity index is 1.97. The van der Waals surface area contributed by atoms with Crippen molar-refractivity contribution in [2.45, 2.75) is 19.8 Å². The molecular weight excluding hydrogens is 266 g/mol. The lowest BCUT2D eigenvalue weighted by atomic mass is 10.1. The van der Waals surface area contributed by atoms with Crippen molar-refractivity contribution in [3.05, 3.63) is 35.4 Å². The van der Waals surface area contributed by atoms with E-state index in [1.54, 1.807) is 0 Å². The van der Waals surface area contributed by atoms with Crippen molar-refractivity contribution in [3.63, 3.8) is 0 Å². The SMILES string of the molecule is CCOCCOCCOCCCc1ccc(F)cc1F. The Kier molecular flexibility index (Phi) is 9.11. The molecule has 0 unspecified atom stereocenters. The van der Waals surface area contributed by atoms with Crippen LogP contribution >= 0.6 is 0 Å². The first kappa shape index (κ1) is 17.0. The number of hydrogen-bond donors (Lipinski definition) is 0. The van der Waals surface area contributed by atoms with Crippen LogP contribution < -0.4 is 0 Å². The lowest BCUT2D eigenvalue weighted by molar-refractivity contribution is 0.0165. The second-order valence-electron chi connectivity index (χ2n) is 4.26. The molecule has 20 heavy (non-hydrogen) atoms. The molecule has 0 radical (unpaired) electrons. The largest absolute Gasteiger partial charge is 0.379 e. The number of halogens is 2. The van der Waals surface area contributed by atoms with Gasteiger partial charge >= 0.3 is 0 Å². The van der Waals surface area contributed by atoms with Crippen molar-refractivity contribution in [3.8, 4) is 0 Å². The molecule has 1 rings (SSSR count). The van der Waals surface area contributed by atoms with Gasteiger partial charge in [0.15, 0.2) is 0 Å². The lowest BCUT2D eigenvalue weighted by Gasteiger charge is -2.06. The normalized spacial score (nSPS) is 10.9. The summed E-state index contributed by atoms with van der Waals surface area (Å²) in [5, 5.41) is 0. The summed E-state index contributed by atoms with van der Waals surface area (Å²) in [4.78, 5) is 0. The molecule has 0 atom stereocenters. The zero-order valence-electron chi connectivity index (χ0n) is 11.9. The van der Waals surface area contributed by atoms with E-state index in [1.807, 2.05) is 6.92 Å². The highest BCUT2D eigenvalue weighted by molar-refractivity contribution is 5.18. The van der Waals surface area contributed by atoms with E-state index in [1.165, 1.54) is 12.1 Å². The van der Waals surface area contributed by atoms with Gasteiger partial charge in [0, 0.05) is 19.3 Å². The van der Waals surface area contributed by atoms with Gasteiger partial charge in [-0.2, -0.15) is 0 Å². The minimum absolute atomic E-state index is 0.496. The standard InChI is InChI=1S/C15H22F2O3/c1-2-18-8-9-20-11-10-19-7-3-4-13-5-6-14(16)12-15(13)17/h5-6,12H,2-4,7-11H2,1H3. The van der Waals surface area contributed by atoms with Crippen LogP contribution in [0.4, 0.5) is 8.78 Å². The second kappa shape index (κ2) is 10.7. The third kappa shape index (κ3) is 7.53. The summed E-state index contributed by atoms with van der Waals surface area (Å²) in [5.41, 5.74) is 0.517. The van der Waals surface area contributed by atoms with Gasteiger partial charge in [0.25, 0.3) is 0 Å². The minimum atomic E-state index is -0.549. The average Bonchev–Trinajstić information content (AvgIpc) is 2.43. The highest BCUT2D eigenvalue weighted by atomic mass is 19.1. The number of hydrogen-bond acceptors (Lipinski definition) is 3. The molecule has 0 saturated heterocycles. The monoisotopic (exact) mass is 288 g/mol. The van der Waals surface area contributed by atoms with E-state index in [9.17, 15) is 8.78 Å². The molecule has 0 bridgehead atoms. The third-order valence-corrected chi connectivity index (χ3v) is 2.70. The first-order valence-corrected chi connectivity index (χ1v) is 6.91. The van der Waals surface area contributed by atoms with Crippen molar-refractivity contribution in [1.82, 2.24) is 0 Å². The van der Waals surface area contributed by atoms with Crippen LogP contribution in [0.5, 0.6) is 0 Å². The van der Waals surface area contributed by atoms with Gasteiger partial charge in [0.2, 0.25) is 0 Å². The summed E-state index contributed by atoms with van der Waals surface area (Å²) < 4.78 is 41.8. The van der Waals surface area contributed by atoms with Crippen molar-refractivity contribution in [2.75, 3.05) is 39.6 Å². The molecule has 3 nitrogen and oxygen atoms in total. The first-order chi connectivity index (χ1) is 9.74. The van der Waals surface area contributed by atoms with Gasteiger partial charge in [-0.05, 0) is 31.4 Å². The van der Waals surface area contributed by atoms with Crippen LogP contribution in [0.25, 0.3) is 0 Å². The van der Waals surface area contributed by atoms with Crippen LogP contribution in [0.15, 0.2) is 18.2 Å². The summed E-state index contributed by atoms with van der Waals surface area (Å²) in [5.74, 6) is -1.05. The van der Waals surface area contributed by atoms with Gasteiger partial charge in [0.1, 0.15) is 11.6 Å². The topological polar surface area (TPSA) is 27.7 Å². The van der Waals surface area contributed by atoms with E-state index >= 15 is 0 Å². The first-order valence-electron chi connectivity index (χ1n) is 6.91. The average molecular weight is 288 g/mol. The summed E-state index contributed by atoms with van der Waals surface area (Å²) >= 11 is 0. The number of ether oxygens (including phenoxy) is 3. The summed E-state index contributed by atoms with van der Waals surface area (Å²) in [6.07, 6.45) is 1.23. The van der Waals surface area contributed by atoms with Gasteiger partial charge < -0.3 is 14.2 Å². The molecule has 0 fully saturated rings. The Morgan fingerprint density at radius 1 is 0.900 bits per heavy atom. The van der Waals surface area contributed by atoms with Gasteiger partial charge in [-0.15, -0.1) is 0 Å². The van der Waals surface area contributed by atoms with Gasteiger partial charge in [-0.3, -0.25) is 0 Å². The van der Waals surface area contributed by atoms with E-state index < -0.39 is 11.6 Å². The van der Waals surface area contributed by atoms with E-state index in [2.05, 4.69) is 0 Å². The second-order valence-corrected chi connectivity index (χ2v) is 4.26. The molecule has 0 N–H and O–H groups in total. The van der Waals surface area contributed by atoms with E-state index in [0.29, 0.717) is 58.0 Å². The molecule has 1 aromatic carbocycles. The maximum absolute atomic E-state index is 13.3. The van der Waals surface area contributed by atoms with E-state index in [0.717, 1.165) is 6.07 Å². The molecule has 0 spiro atoms. The highest BCUT2D eigenvalue weighted by Gasteiger charge is 2.03. The van der Waals surface area contributed by atoms with Gasteiger partial charge in [-0.1, -0.05) is 6.07 Å². The Morgan fingerprint density at radius 3 is 2.20 bits per heavy atom. The smallest absolute Gasteiger partial charge is 0.129 e. The molecular formula is C15H22F2O3. The Hall–Kier alpha value is -1.04. The highest BCUT2D eigenvalue weighted by Crippen LogP contribution is 2.11. The number of rotatable bonds is 11. The summed E-state index contributed by atoms with van der Waals surface area (Å²) in [6.45, 7) is 5.37. The van der Waals surface area contributed by atoms with Crippen LogP contribution in [0.3, 0.4) is 0 Å². The molecule has 0 aliphatic heterocycles. The van der Waals surface area contributed by atoms with Crippen LogP contribution in [0.1, 0.15) is 18.9 Å². The fourth-order valence-electron chi connectivity index (χ4n) is 1.67. The van der Waals surface area contributed by atoms with Gasteiger partial charge in [0.05, 0.1) is 26.4 Å². The Labute approximate surface area is 118 Å². The van der Waals surface area contributed by atoms with Crippen LogP contribution in [0, 0.1) is 11.6 Å². The van der Waals surface area contributed by atoms with Crippen LogP contribution in [0.2, 0.25) is 0 Å². The Morgan fingerprint density at radius 2 is 1.55 bits per heavy atom. The van der Waals surface area contributed by atoms with Gasteiger partial charge in [-0.25, -0.2) is 8.78 Å². The zero-order valence-corrected chi connectivity index (χ0v) is 11.9. The molecule has 5 heteroatoms. The molecule has 0 saturated carbocycles. The van der Waals surface area contributed by atoms with E-state index in [4.69, 9.17) is 14.2 Å². The predicted octanol–water partition coefficient (Wildman–Crippen LogP) is 2.97. The molecule has 1 aromatic rings. The summed E-state index contributed by atoms with van der Waals surface area (Å²) in [6, 6.07) is 3.65. The predicted molar refractivity (Wildman–Crippen MR) is 72.8 cm³/mol. The van der Waals surface area contributed by atoms with Crippen LogP contribution in [-0.2, 0) is 20.6 Å². The van der Waals surface area contributed by atoms with Crippen molar-refractivity contribution in [2.24, 2.45) is 0 Å². The molecule has 0 amide bonds. The lowest BCUT2D eigenvalue weighted by Crippen LogP contribution is -2.10. The molecule has 0 aliphatic rings. The number of benzene rings is 1. The molecule has 0 heterocycles. The van der Waals surface area contributed by atoms with E-state index in [-0.39, 0.29) is 0 Å². The van der Waals surface area contributed by atoms with Crippen molar-refractivity contribution in [1.29, 1.82) is 0 Å². The number of aryl methyl sites for hydroxylation is 1. The van der Waals surface area contributed by atoms with Crippen LogP contribution in [-0.4, -0.2) is 39.6 Å². The quantitative estimate of drug-likeness (QED) is 0.586. The zero-order chi connectivity index (χ0) is 14.6. The van der Waals surface area contributed by atoms with Crippen molar-refractivity contribution < 1.29 is 23.0 Å². The molecule has 0 aromatic heterocycles. The fraction of sp³-hybridized carbons (Fsp3) is 0.600. The maximum atomic E-state index is 13.3. The molecule has 0 aliphatic carbocycles. The Bertz CT molecular complexity index is 372. The molecule has 114 valence electrons. The fourth-order valence-corrected chi connectivity index (χ4v) is 1.67. The maximum Gasteiger partial charge on any atom is 0.129 e. The third-order valence-electron chi connectivity index (χ3n) is 2.70.